The van der Waals surface area contributed by atoms with Gasteiger partial charge in [-0.25, -0.2) is 13.8 Å². The SMILES string of the molecule is O=C(c1cccc(Nc2[nH]nc3ncc(Cc4cc(F)ccc4F)cc23)c1)N1CCOCC1. The highest BCUT2D eigenvalue weighted by atomic mass is 19.1. The number of hydrogen-bond acceptors (Lipinski definition) is 5. The Balaban J connectivity index is 1.38. The number of pyridine rings is 1. The van der Waals surface area contributed by atoms with E-state index in [1.165, 1.54) is 6.07 Å². The van der Waals surface area contributed by atoms with Gasteiger partial charge in [-0.2, -0.15) is 5.10 Å². The fourth-order valence-corrected chi connectivity index (χ4v) is 3.86. The van der Waals surface area contributed by atoms with Gasteiger partial charge in [-0.05, 0) is 53.6 Å². The lowest BCUT2D eigenvalue weighted by Crippen LogP contribution is -2.40. The molecule has 1 aliphatic rings. The summed E-state index contributed by atoms with van der Waals surface area (Å²) in [5.41, 5.74) is 2.74. The van der Waals surface area contributed by atoms with Crippen molar-refractivity contribution in [3.05, 3.63) is 83.1 Å². The van der Waals surface area contributed by atoms with Crippen LogP contribution < -0.4 is 5.32 Å². The molecule has 0 bridgehead atoms. The molecule has 33 heavy (non-hydrogen) atoms. The van der Waals surface area contributed by atoms with Crippen LogP contribution in [0.2, 0.25) is 0 Å². The quantitative estimate of drug-likeness (QED) is 0.481. The number of aromatic nitrogens is 3. The number of fused-ring (bicyclic) bond motifs is 1. The highest BCUT2D eigenvalue weighted by molar-refractivity contribution is 5.96. The van der Waals surface area contributed by atoms with Gasteiger partial charge in [0.2, 0.25) is 0 Å². The maximum atomic E-state index is 14.1. The Morgan fingerprint density at radius 2 is 1.97 bits per heavy atom. The number of halogens is 2. The number of anilines is 2. The van der Waals surface area contributed by atoms with E-state index in [1.54, 1.807) is 23.2 Å². The molecule has 1 amide bonds. The van der Waals surface area contributed by atoms with Crippen molar-refractivity contribution in [1.29, 1.82) is 0 Å². The Kier molecular flexibility index (Phi) is 5.70. The van der Waals surface area contributed by atoms with Crippen molar-refractivity contribution in [1.82, 2.24) is 20.1 Å². The van der Waals surface area contributed by atoms with Gasteiger partial charge in [-0.1, -0.05) is 6.07 Å². The molecule has 0 saturated carbocycles. The third kappa shape index (κ3) is 4.54. The predicted molar refractivity (Wildman–Crippen MR) is 119 cm³/mol. The van der Waals surface area contributed by atoms with Gasteiger partial charge in [0.15, 0.2) is 5.65 Å². The van der Waals surface area contributed by atoms with Gasteiger partial charge in [0.25, 0.3) is 5.91 Å². The molecule has 2 aromatic carbocycles. The number of H-pyrrole nitrogens is 1. The molecular weight excluding hydrogens is 428 g/mol. The minimum Gasteiger partial charge on any atom is -0.378 e. The van der Waals surface area contributed by atoms with E-state index in [4.69, 9.17) is 4.74 Å². The first-order chi connectivity index (χ1) is 16.1. The van der Waals surface area contributed by atoms with Crippen LogP contribution in [0.4, 0.5) is 20.3 Å². The third-order valence-electron chi connectivity index (χ3n) is 5.55. The van der Waals surface area contributed by atoms with E-state index < -0.39 is 11.6 Å². The average Bonchev–Trinajstić information content (AvgIpc) is 3.23. The summed E-state index contributed by atoms with van der Waals surface area (Å²) >= 11 is 0. The van der Waals surface area contributed by atoms with Gasteiger partial charge >= 0.3 is 0 Å². The van der Waals surface area contributed by atoms with Crippen LogP contribution in [0, 0.1) is 11.6 Å². The number of aromatic amines is 1. The molecule has 2 N–H and O–H groups in total. The van der Waals surface area contributed by atoms with Crippen molar-refractivity contribution in [2.75, 3.05) is 31.6 Å². The standard InChI is InChI=1S/C24H21F2N5O2/c25-18-4-5-21(26)17(12-18)10-15-11-20-22(27-14-15)29-30-23(20)28-19-3-1-2-16(13-19)24(32)31-6-8-33-9-7-31/h1-5,11-14H,6-10H2,(H2,27,28,29,30). The Labute approximate surface area is 188 Å². The lowest BCUT2D eigenvalue weighted by Gasteiger charge is -2.27. The number of amides is 1. The van der Waals surface area contributed by atoms with Gasteiger partial charge in [-0.3, -0.25) is 9.89 Å². The van der Waals surface area contributed by atoms with Gasteiger partial charge in [-0.15, -0.1) is 0 Å². The van der Waals surface area contributed by atoms with Gasteiger partial charge in [0, 0.05) is 37.0 Å². The summed E-state index contributed by atoms with van der Waals surface area (Å²) in [5, 5.41) is 11.1. The monoisotopic (exact) mass is 449 g/mol. The number of rotatable bonds is 5. The lowest BCUT2D eigenvalue weighted by atomic mass is 10.1. The van der Waals surface area contributed by atoms with Crippen LogP contribution in [0.25, 0.3) is 11.0 Å². The number of nitrogens with zero attached hydrogens (tertiary/aromatic N) is 3. The van der Waals surface area contributed by atoms with E-state index in [9.17, 15) is 13.6 Å². The second-order valence-electron chi connectivity index (χ2n) is 7.84. The molecule has 2 aromatic heterocycles. The van der Waals surface area contributed by atoms with Crippen molar-refractivity contribution < 1.29 is 18.3 Å². The lowest BCUT2D eigenvalue weighted by molar-refractivity contribution is 0.0303. The van der Waals surface area contributed by atoms with E-state index >= 15 is 0 Å². The van der Waals surface area contributed by atoms with Crippen molar-refractivity contribution >= 4 is 28.4 Å². The van der Waals surface area contributed by atoms with Crippen LogP contribution >= 0.6 is 0 Å². The van der Waals surface area contributed by atoms with Crippen molar-refractivity contribution in [3.63, 3.8) is 0 Å². The average molecular weight is 449 g/mol. The van der Waals surface area contributed by atoms with Gasteiger partial charge in [0.05, 0.1) is 18.6 Å². The maximum absolute atomic E-state index is 14.1. The number of ether oxygens (including phenoxy) is 1. The second kappa shape index (κ2) is 8.95. The number of carbonyl (C=O) groups is 1. The number of carbonyl (C=O) groups excluding carboxylic acids is 1. The summed E-state index contributed by atoms with van der Waals surface area (Å²) < 4.78 is 32.9. The van der Waals surface area contributed by atoms with Crippen molar-refractivity contribution in [2.24, 2.45) is 0 Å². The number of morpholine rings is 1. The van der Waals surface area contributed by atoms with E-state index in [1.807, 2.05) is 18.2 Å². The molecule has 0 radical (unpaired) electrons. The van der Waals surface area contributed by atoms with Gasteiger partial charge < -0.3 is 15.0 Å². The van der Waals surface area contributed by atoms with Crippen LogP contribution in [-0.2, 0) is 11.2 Å². The van der Waals surface area contributed by atoms with Crippen molar-refractivity contribution in [2.45, 2.75) is 6.42 Å². The molecule has 0 spiro atoms. The molecule has 9 heteroatoms. The highest BCUT2D eigenvalue weighted by Gasteiger charge is 2.19. The van der Waals surface area contributed by atoms with Crippen molar-refractivity contribution in [3.8, 4) is 0 Å². The first-order valence-electron chi connectivity index (χ1n) is 10.6. The van der Waals surface area contributed by atoms with Crippen LogP contribution in [-0.4, -0.2) is 52.3 Å². The first kappa shape index (κ1) is 21.0. The summed E-state index contributed by atoms with van der Waals surface area (Å²) in [5.74, 6) is -0.408. The molecule has 0 unspecified atom stereocenters. The zero-order valence-electron chi connectivity index (χ0n) is 17.6. The highest BCUT2D eigenvalue weighted by Crippen LogP contribution is 2.26. The fraction of sp³-hybridized carbons (Fsp3) is 0.208. The normalized spacial score (nSPS) is 13.9. The molecule has 5 rings (SSSR count). The molecule has 0 aliphatic carbocycles. The predicted octanol–water partition coefficient (Wildman–Crippen LogP) is 4.04. The minimum atomic E-state index is -0.488. The fourth-order valence-electron chi connectivity index (χ4n) is 3.86. The van der Waals surface area contributed by atoms with Crippen LogP contribution in [0.3, 0.4) is 0 Å². The minimum absolute atomic E-state index is 0.0440. The molecule has 7 nitrogen and oxygen atoms in total. The summed E-state index contributed by atoms with van der Waals surface area (Å²) in [7, 11) is 0. The third-order valence-corrected chi connectivity index (χ3v) is 5.55. The number of benzene rings is 2. The smallest absolute Gasteiger partial charge is 0.254 e. The zero-order valence-corrected chi connectivity index (χ0v) is 17.6. The Morgan fingerprint density at radius 1 is 1.12 bits per heavy atom. The largest absolute Gasteiger partial charge is 0.378 e. The second-order valence-corrected chi connectivity index (χ2v) is 7.84. The van der Waals surface area contributed by atoms with Crippen LogP contribution in [0.15, 0.2) is 54.7 Å². The van der Waals surface area contributed by atoms with E-state index in [-0.39, 0.29) is 17.9 Å². The topological polar surface area (TPSA) is 83.1 Å². The molecule has 168 valence electrons. The zero-order chi connectivity index (χ0) is 22.8. The summed E-state index contributed by atoms with van der Waals surface area (Å²) in [6.07, 6.45) is 1.79. The van der Waals surface area contributed by atoms with Crippen LogP contribution in [0.1, 0.15) is 21.5 Å². The van der Waals surface area contributed by atoms with Gasteiger partial charge in [0.1, 0.15) is 17.5 Å². The van der Waals surface area contributed by atoms with E-state index in [2.05, 4.69) is 20.5 Å². The Hall–Kier alpha value is -3.85. The number of hydrogen-bond donors (Lipinski definition) is 2. The Morgan fingerprint density at radius 3 is 2.82 bits per heavy atom. The van der Waals surface area contributed by atoms with E-state index in [0.717, 1.165) is 12.1 Å². The molecule has 4 aromatic rings. The molecule has 0 atom stereocenters. The summed E-state index contributed by atoms with van der Waals surface area (Å²) in [6, 6.07) is 12.5. The molecule has 1 saturated heterocycles. The first-order valence-corrected chi connectivity index (χ1v) is 10.6. The van der Waals surface area contributed by atoms with Crippen LogP contribution in [0.5, 0.6) is 0 Å². The maximum Gasteiger partial charge on any atom is 0.254 e. The van der Waals surface area contributed by atoms with E-state index in [0.29, 0.717) is 60.0 Å². The summed E-state index contributed by atoms with van der Waals surface area (Å²) in [6.45, 7) is 2.22. The molecule has 1 aliphatic heterocycles. The Bertz CT molecular complexity index is 1320. The molecule has 3 heterocycles. The molecular formula is C24H21F2N5O2. The summed E-state index contributed by atoms with van der Waals surface area (Å²) in [4.78, 5) is 18.9. The molecule has 1 fully saturated rings. The number of nitrogens with one attached hydrogen (secondary N) is 2.